The molecule has 2 atom stereocenters. The first kappa shape index (κ1) is 26.1. The van der Waals surface area contributed by atoms with Gasteiger partial charge in [0.2, 0.25) is 0 Å². The van der Waals surface area contributed by atoms with Gasteiger partial charge in [0.05, 0.1) is 10.3 Å². The summed E-state index contributed by atoms with van der Waals surface area (Å²) in [6.07, 6.45) is 4.00. The molecule has 5 rings (SSSR count). The molecule has 38 heavy (non-hydrogen) atoms. The Morgan fingerprint density at radius 2 is 1.82 bits per heavy atom. The topological polar surface area (TPSA) is 82.6 Å². The van der Waals surface area contributed by atoms with Crippen molar-refractivity contribution in [2.24, 2.45) is 5.92 Å². The molecule has 1 N–H and O–H groups in total. The number of amides is 1. The van der Waals surface area contributed by atoms with Crippen LogP contribution in [0.1, 0.15) is 36.2 Å². The molecule has 1 aliphatic heterocycles. The normalized spacial score (nSPS) is 20.0. The maximum Gasteiger partial charge on any atom is 0.260 e. The number of nitrogens with zero attached hydrogens (tertiary/aromatic N) is 3. The van der Waals surface area contributed by atoms with E-state index in [0.717, 1.165) is 5.22 Å². The highest BCUT2D eigenvalue weighted by atomic mass is 32.2. The number of nitrogens with one attached hydrogen (secondary N) is 1. The minimum absolute atomic E-state index is 0.0460. The Labute approximate surface area is 222 Å². The molecule has 7 nitrogen and oxygen atoms in total. The van der Waals surface area contributed by atoms with Crippen LogP contribution in [0, 0.1) is 11.7 Å². The lowest BCUT2D eigenvalue weighted by Crippen LogP contribution is -2.53. The average molecular weight is 535 g/mol. The van der Waals surface area contributed by atoms with Gasteiger partial charge in [-0.1, -0.05) is 37.3 Å². The van der Waals surface area contributed by atoms with E-state index in [1.165, 1.54) is 6.07 Å². The van der Waals surface area contributed by atoms with Crippen molar-refractivity contribution in [2.75, 3.05) is 24.4 Å². The lowest BCUT2D eigenvalue weighted by atomic mass is 10.0. The number of piperazine rings is 1. The van der Waals surface area contributed by atoms with Gasteiger partial charge >= 0.3 is 0 Å². The number of benzene rings is 2. The van der Waals surface area contributed by atoms with Gasteiger partial charge < -0.3 is 4.90 Å². The fourth-order valence-corrected chi connectivity index (χ4v) is 6.66. The maximum absolute atomic E-state index is 14.1. The molecule has 0 unspecified atom stereocenters. The van der Waals surface area contributed by atoms with Crippen molar-refractivity contribution in [1.29, 1.82) is 0 Å². The standard InChI is InChI=1S/C29H31FN4O3S/c1-20-16-23-7-5-13-31-28(23)27(17-20)38(36,37)32-25-11-9-22(10-12-25)29(35)34-15-14-33(18-21(34)2)19-24-6-3-4-8-26(24)30/h3-13,16,20-21,32H,14-15,17-19H2,1-2H3/t20-,21+/m1/s1. The van der Waals surface area contributed by atoms with Crippen molar-refractivity contribution in [3.63, 3.8) is 0 Å². The van der Waals surface area contributed by atoms with Crippen LogP contribution in [0.4, 0.5) is 10.1 Å². The first-order valence-corrected chi connectivity index (χ1v) is 14.3. The van der Waals surface area contributed by atoms with E-state index in [2.05, 4.69) is 14.6 Å². The molecular formula is C29H31FN4O3S. The molecule has 1 saturated heterocycles. The molecule has 3 aromatic rings. The Hall–Kier alpha value is -3.56. The fourth-order valence-electron chi connectivity index (χ4n) is 5.19. The number of carbonyl (C=O) groups is 1. The molecule has 1 aliphatic carbocycles. The summed E-state index contributed by atoms with van der Waals surface area (Å²) in [6.45, 7) is 6.28. The number of hydrogen-bond donors (Lipinski definition) is 1. The summed E-state index contributed by atoms with van der Waals surface area (Å²) in [6, 6.07) is 16.9. The summed E-state index contributed by atoms with van der Waals surface area (Å²) in [4.78, 5) is 21.8. The first-order valence-electron chi connectivity index (χ1n) is 12.8. The molecule has 0 radical (unpaired) electrons. The van der Waals surface area contributed by atoms with E-state index in [-0.39, 0.29) is 28.6 Å². The van der Waals surface area contributed by atoms with Gasteiger partial charge in [-0.15, -0.1) is 0 Å². The van der Waals surface area contributed by atoms with Crippen molar-refractivity contribution in [2.45, 2.75) is 32.9 Å². The Balaban J connectivity index is 1.26. The predicted molar refractivity (Wildman–Crippen MR) is 146 cm³/mol. The van der Waals surface area contributed by atoms with Gasteiger partial charge in [0, 0.05) is 55.2 Å². The quantitative estimate of drug-likeness (QED) is 0.526. The van der Waals surface area contributed by atoms with E-state index in [0.29, 0.717) is 54.8 Å². The van der Waals surface area contributed by atoms with Gasteiger partial charge in [-0.25, -0.2) is 12.8 Å². The zero-order valence-corrected chi connectivity index (χ0v) is 22.3. The summed E-state index contributed by atoms with van der Waals surface area (Å²) in [5, 5.41) is 1.30. The van der Waals surface area contributed by atoms with Gasteiger partial charge in [-0.2, -0.15) is 0 Å². The van der Waals surface area contributed by atoms with Crippen molar-refractivity contribution in [1.82, 2.24) is 14.8 Å². The highest BCUT2D eigenvalue weighted by Gasteiger charge is 2.29. The molecule has 0 saturated carbocycles. The lowest BCUT2D eigenvalue weighted by molar-refractivity contribution is 0.0473. The summed E-state index contributed by atoms with van der Waals surface area (Å²) in [7, 11) is -3.82. The molecule has 2 aliphatic rings. The second-order valence-electron chi connectivity index (χ2n) is 10.1. The van der Waals surface area contributed by atoms with Crippen LogP contribution in [0.15, 0.2) is 66.9 Å². The van der Waals surface area contributed by atoms with Crippen LogP contribution in [0.2, 0.25) is 0 Å². The van der Waals surface area contributed by atoms with E-state index in [4.69, 9.17) is 0 Å². The van der Waals surface area contributed by atoms with Crippen molar-refractivity contribution in [3.05, 3.63) is 94.4 Å². The predicted octanol–water partition coefficient (Wildman–Crippen LogP) is 2.94. The van der Waals surface area contributed by atoms with Crippen LogP contribution in [0.3, 0.4) is 0 Å². The molecule has 0 spiro atoms. The lowest BCUT2D eigenvalue weighted by Gasteiger charge is -2.40. The monoisotopic (exact) mass is 534 g/mol. The Kier molecular flexibility index (Phi) is 7.32. The van der Waals surface area contributed by atoms with Crippen LogP contribution < -0.4 is 15.3 Å². The van der Waals surface area contributed by atoms with Gasteiger partial charge in [0.25, 0.3) is 15.9 Å². The van der Waals surface area contributed by atoms with Crippen molar-refractivity contribution in [3.8, 4) is 0 Å². The summed E-state index contributed by atoms with van der Waals surface area (Å²) < 4.78 is 43.2. The third-order valence-electron chi connectivity index (χ3n) is 7.11. The summed E-state index contributed by atoms with van der Waals surface area (Å²) in [5.41, 5.74) is 1.52. The number of carbonyl (C=O) groups excluding carboxylic acids is 1. The van der Waals surface area contributed by atoms with Crippen molar-refractivity contribution < 1.29 is 17.6 Å². The minimum Gasteiger partial charge on any atom is -0.333 e. The van der Waals surface area contributed by atoms with Crippen LogP contribution in [-0.2, 0) is 16.6 Å². The highest BCUT2D eigenvalue weighted by Crippen LogP contribution is 2.24. The molecule has 1 fully saturated rings. The Morgan fingerprint density at radius 1 is 1.05 bits per heavy atom. The van der Waals surface area contributed by atoms with Gasteiger partial charge in [-0.3, -0.25) is 19.4 Å². The largest absolute Gasteiger partial charge is 0.333 e. The molecule has 1 amide bonds. The SMILES string of the molecule is C[C@@H]1C=c2cccnc2=C(S(=O)(=O)Nc2ccc(C(=O)N3CCN(Cc4ccccc4F)C[C@@H]3C)cc2)C1. The average Bonchev–Trinajstić information content (AvgIpc) is 2.89. The van der Waals surface area contributed by atoms with E-state index in [1.54, 1.807) is 48.7 Å². The van der Waals surface area contributed by atoms with E-state index >= 15 is 0 Å². The Bertz CT molecular complexity index is 1570. The summed E-state index contributed by atoms with van der Waals surface area (Å²) >= 11 is 0. The number of fused-ring (bicyclic) bond motifs is 1. The zero-order chi connectivity index (χ0) is 26.9. The number of aromatic nitrogens is 1. The number of hydrogen-bond acceptors (Lipinski definition) is 5. The minimum atomic E-state index is -3.82. The first-order chi connectivity index (χ1) is 18.2. The number of halogens is 1. The molecule has 9 heteroatoms. The van der Waals surface area contributed by atoms with Crippen LogP contribution in [0.25, 0.3) is 11.0 Å². The van der Waals surface area contributed by atoms with Crippen molar-refractivity contribution >= 4 is 32.6 Å². The third-order valence-corrected chi connectivity index (χ3v) is 8.62. The third kappa shape index (κ3) is 5.49. The Morgan fingerprint density at radius 3 is 2.55 bits per heavy atom. The second kappa shape index (κ2) is 10.7. The number of sulfonamides is 1. The molecule has 2 aromatic carbocycles. The fraction of sp³-hybridized carbons (Fsp3) is 0.310. The van der Waals surface area contributed by atoms with Gasteiger partial charge in [-0.05, 0) is 60.9 Å². The molecule has 1 aromatic heterocycles. The van der Waals surface area contributed by atoms with E-state index < -0.39 is 10.0 Å². The van der Waals surface area contributed by atoms with Crippen LogP contribution in [0.5, 0.6) is 0 Å². The second-order valence-corrected chi connectivity index (χ2v) is 11.8. The molecule has 2 heterocycles. The number of anilines is 1. The number of rotatable bonds is 6. The van der Waals surface area contributed by atoms with Crippen LogP contribution in [-0.4, -0.2) is 54.8 Å². The smallest absolute Gasteiger partial charge is 0.260 e. The van der Waals surface area contributed by atoms with Gasteiger partial charge in [0.1, 0.15) is 5.82 Å². The number of pyridine rings is 1. The summed E-state index contributed by atoms with van der Waals surface area (Å²) in [5.74, 6) is -0.251. The molecule has 198 valence electrons. The molecule has 0 bridgehead atoms. The van der Waals surface area contributed by atoms with Crippen LogP contribution >= 0.6 is 0 Å². The van der Waals surface area contributed by atoms with E-state index in [1.807, 2.05) is 37.0 Å². The molecular weight excluding hydrogens is 503 g/mol. The highest BCUT2D eigenvalue weighted by molar-refractivity contribution is 8.01. The zero-order valence-electron chi connectivity index (χ0n) is 21.5. The van der Waals surface area contributed by atoms with Gasteiger partial charge in [0.15, 0.2) is 0 Å². The maximum atomic E-state index is 14.1. The van der Waals surface area contributed by atoms with E-state index in [9.17, 15) is 17.6 Å².